The first-order valence-electron chi connectivity index (χ1n) is 7.41. The molecule has 106 valence electrons. The van der Waals surface area contributed by atoms with Crippen LogP contribution in [-0.4, -0.2) is 29.5 Å². The highest BCUT2D eigenvalue weighted by molar-refractivity contribution is 5.46. The summed E-state index contributed by atoms with van der Waals surface area (Å²) in [4.78, 5) is 0. The van der Waals surface area contributed by atoms with Crippen LogP contribution in [0.15, 0.2) is 24.3 Å². The SMILES string of the molecule is OCCC(CO)Nc1ccc(C2CCCCC2)cc1. The third kappa shape index (κ3) is 4.22. The van der Waals surface area contributed by atoms with E-state index >= 15 is 0 Å². The van der Waals surface area contributed by atoms with Crippen LogP contribution < -0.4 is 5.32 Å². The summed E-state index contributed by atoms with van der Waals surface area (Å²) in [5.74, 6) is 0.730. The molecular formula is C16H25NO2. The van der Waals surface area contributed by atoms with Gasteiger partial charge in [0.1, 0.15) is 0 Å². The largest absolute Gasteiger partial charge is 0.396 e. The zero-order valence-corrected chi connectivity index (χ0v) is 11.5. The fourth-order valence-electron chi connectivity index (χ4n) is 2.89. The van der Waals surface area contributed by atoms with Gasteiger partial charge in [-0.2, -0.15) is 0 Å². The molecule has 0 saturated heterocycles. The third-order valence-electron chi connectivity index (χ3n) is 4.06. The predicted molar refractivity (Wildman–Crippen MR) is 78.5 cm³/mol. The van der Waals surface area contributed by atoms with E-state index in [1.165, 1.54) is 37.7 Å². The Balaban J connectivity index is 1.93. The van der Waals surface area contributed by atoms with Gasteiger partial charge >= 0.3 is 0 Å². The summed E-state index contributed by atoms with van der Waals surface area (Å²) in [6.07, 6.45) is 7.30. The highest BCUT2D eigenvalue weighted by atomic mass is 16.3. The Morgan fingerprint density at radius 2 is 1.74 bits per heavy atom. The molecule has 1 atom stereocenters. The normalized spacial score (nSPS) is 18.2. The molecule has 3 nitrogen and oxygen atoms in total. The maximum Gasteiger partial charge on any atom is 0.0633 e. The summed E-state index contributed by atoms with van der Waals surface area (Å²) in [5.41, 5.74) is 2.46. The monoisotopic (exact) mass is 263 g/mol. The molecule has 1 unspecified atom stereocenters. The van der Waals surface area contributed by atoms with Crippen molar-refractivity contribution < 1.29 is 10.2 Å². The molecule has 0 aromatic heterocycles. The molecule has 19 heavy (non-hydrogen) atoms. The van der Waals surface area contributed by atoms with Crippen LogP contribution in [0.2, 0.25) is 0 Å². The zero-order valence-electron chi connectivity index (χ0n) is 11.5. The number of anilines is 1. The summed E-state index contributed by atoms with van der Waals surface area (Å²) in [6.45, 7) is 0.142. The standard InChI is InChI=1S/C16H25NO2/c18-11-10-16(12-19)17-15-8-6-14(7-9-15)13-4-2-1-3-5-13/h6-9,13,16-19H,1-5,10-12H2. The Labute approximate surface area is 115 Å². The molecule has 0 amide bonds. The van der Waals surface area contributed by atoms with E-state index in [4.69, 9.17) is 5.11 Å². The molecule has 1 saturated carbocycles. The van der Waals surface area contributed by atoms with E-state index in [2.05, 4.69) is 29.6 Å². The Morgan fingerprint density at radius 1 is 1.05 bits per heavy atom. The van der Waals surface area contributed by atoms with Gasteiger partial charge in [0.25, 0.3) is 0 Å². The smallest absolute Gasteiger partial charge is 0.0633 e. The second-order valence-electron chi connectivity index (χ2n) is 5.49. The first-order valence-corrected chi connectivity index (χ1v) is 7.41. The molecule has 0 bridgehead atoms. The van der Waals surface area contributed by atoms with Gasteiger partial charge in [0, 0.05) is 12.3 Å². The van der Waals surface area contributed by atoms with Crippen LogP contribution in [0.3, 0.4) is 0 Å². The first-order chi connectivity index (χ1) is 9.33. The van der Waals surface area contributed by atoms with Gasteiger partial charge in [-0.1, -0.05) is 31.4 Å². The summed E-state index contributed by atoms with van der Waals surface area (Å²) in [5, 5.41) is 21.4. The van der Waals surface area contributed by atoms with Crippen LogP contribution in [0.25, 0.3) is 0 Å². The minimum Gasteiger partial charge on any atom is -0.396 e. The van der Waals surface area contributed by atoms with Crippen molar-refractivity contribution in [2.75, 3.05) is 18.5 Å². The predicted octanol–water partition coefficient (Wildman–Crippen LogP) is 2.89. The van der Waals surface area contributed by atoms with Gasteiger partial charge in [-0.15, -0.1) is 0 Å². The van der Waals surface area contributed by atoms with Crippen LogP contribution in [0.5, 0.6) is 0 Å². The van der Waals surface area contributed by atoms with Gasteiger partial charge in [0.2, 0.25) is 0 Å². The average molecular weight is 263 g/mol. The van der Waals surface area contributed by atoms with E-state index in [1.54, 1.807) is 0 Å². The number of nitrogens with one attached hydrogen (secondary N) is 1. The summed E-state index contributed by atoms with van der Waals surface area (Å²) < 4.78 is 0. The van der Waals surface area contributed by atoms with Crippen molar-refractivity contribution in [1.29, 1.82) is 0 Å². The molecule has 1 aromatic carbocycles. The molecule has 3 N–H and O–H groups in total. The fraction of sp³-hybridized carbons (Fsp3) is 0.625. The second-order valence-corrected chi connectivity index (χ2v) is 5.49. The molecule has 0 radical (unpaired) electrons. The molecule has 1 aliphatic carbocycles. The first kappa shape index (κ1) is 14.4. The van der Waals surface area contributed by atoms with Crippen LogP contribution in [0.1, 0.15) is 50.0 Å². The van der Waals surface area contributed by atoms with Gasteiger partial charge < -0.3 is 15.5 Å². The van der Waals surface area contributed by atoms with Gasteiger partial charge in [0.15, 0.2) is 0 Å². The van der Waals surface area contributed by atoms with Crippen molar-refractivity contribution in [3.05, 3.63) is 29.8 Å². The van der Waals surface area contributed by atoms with E-state index in [-0.39, 0.29) is 19.3 Å². The Hall–Kier alpha value is -1.06. The minimum absolute atomic E-state index is 0.0466. The number of hydrogen-bond acceptors (Lipinski definition) is 3. The minimum atomic E-state index is -0.0643. The van der Waals surface area contributed by atoms with Crippen molar-refractivity contribution in [1.82, 2.24) is 0 Å². The van der Waals surface area contributed by atoms with Gasteiger partial charge in [0.05, 0.1) is 12.6 Å². The highest BCUT2D eigenvalue weighted by Gasteiger charge is 2.15. The highest BCUT2D eigenvalue weighted by Crippen LogP contribution is 2.32. The molecule has 1 fully saturated rings. The lowest BCUT2D eigenvalue weighted by atomic mass is 9.84. The lowest BCUT2D eigenvalue weighted by Crippen LogP contribution is -2.24. The summed E-state index contributed by atoms with van der Waals surface area (Å²) in [6, 6.07) is 8.51. The van der Waals surface area contributed by atoms with E-state index in [0.29, 0.717) is 6.42 Å². The average Bonchev–Trinajstić information content (AvgIpc) is 2.48. The Morgan fingerprint density at radius 3 is 2.32 bits per heavy atom. The number of benzene rings is 1. The van der Waals surface area contributed by atoms with Crippen molar-refractivity contribution in [2.24, 2.45) is 0 Å². The number of aliphatic hydroxyl groups excluding tert-OH is 2. The summed E-state index contributed by atoms with van der Waals surface area (Å²) in [7, 11) is 0. The molecule has 0 aliphatic heterocycles. The molecule has 2 rings (SSSR count). The Bertz CT molecular complexity index is 358. The van der Waals surface area contributed by atoms with E-state index in [0.717, 1.165) is 11.6 Å². The third-order valence-corrected chi connectivity index (χ3v) is 4.06. The maximum atomic E-state index is 9.20. The molecular weight excluding hydrogens is 238 g/mol. The number of rotatable bonds is 6. The van der Waals surface area contributed by atoms with E-state index in [9.17, 15) is 5.11 Å². The summed E-state index contributed by atoms with van der Waals surface area (Å²) >= 11 is 0. The van der Waals surface area contributed by atoms with Crippen LogP contribution in [0.4, 0.5) is 5.69 Å². The van der Waals surface area contributed by atoms with Crippen molar-refractivity contribution >= 4 is 5.69 Å². The van der Waals surface area contributed by atoms with Gasteiger partial charge in [-0.3, -0.25) is 0 Å². The topological polar surface area (TPSA) is 52.5 Å². The molecule has 0 heterocycles. The van der Waals surface area contributed by atoms with Crippen LogP contribution >= 0.6 is 0 Å². The van der Waals surface area contributed by atoms with Crippen LogP contribution in [0, 0.1) is 0 Å². The quantitative estimate of drug-likeness (QED) is 0.739. The lowest BCUT2D eigenvalue weighted by Gasteiger charge is -2.22. The fourth-order valence-corrected chi connectivity index (χ4v) is 2.89. The van der Waals surface area contributed by atoms with E-state index in [1.807, 2.05) is 0 Å². The van der Waals surface area contributed by atoms with Crippen molar-refractivity contribution in [2.45, 2.75) is 50.5 Å². The Kier molecular flexibility index (Phi) is 5.67. The molecule has 3 heteroatoms. The van der Waals surface area contributed by atoms with Crippen molar-refractivity contribution in [3.8, 4) is 0 Å². The zero-order chi connectivity index (χ0) is 13.5. The van der Waals surface area contributed by atoms with Gasteiger partial charge in [-0.05, 0) is 42.9 Å². The second kappa shape index (κ2) is 7.51. The van der Waals surface area contributed by atoms with Crippen LogP contribution in [-0.2, 0) is 0 Å². The molecule has 1 aliphatic rings. The maximum absolute atomic E-state index is 9.20. The van der Waals surface area contributed by atoms with Gasteiger partial charge in [-0.25, -0.2) is 0 Å². The van der Waals surface area contributed by atoms with Crippen molar-refractivity contribution in [3.63, 3.8) is 0 Å². The molecule has 0 spiro atoms. The lowest BCUT2D eigenvalue weighted by molar-refractivity contribution is 0.229. The van der Waals surface area contributed by atoms with E-state index < -0.39 is 0 Å². The molecule has 1 aromatic rings. The number of aliphatic hydroxyl groups is 2. The number of hydrogen-bond donors (Lipinski definition) is 3.